The van der Waals surface area contributed by atoms with Crippen LogP contribution in [0, 0.1) is 13.8 Å². The van der Waals surface area contributed by atoms with Gasteiger partial charge in [0.15, 0.2) is 5.75 Å². The van der Waals surface area contributed by atoms with Gasteiger partial charge in [0.2, 0.25) is 15.9 Å². The number of carbonyl (C=O) groups excluding carboxylic acids is 1. The van der Waals surface area contributed by atoms with E-state index in [4.69, 9.17) is 16.3 Å². The number of hydrogen-bond acceptors (Lipinski definition) is 4. The molecule has 0 fully saturated rings. The fraction of sp³-hybridized carbons (Fsp3) is 0.240. The Hall–Kier alpha value is -3.03. The average Bonchev–Trinajstić information content (AvgIpc) is 2.75. The fourth-order valence-electron chi connectivity index (χ4n) is 3.37. The SMILES string of the molecule is Cc1cccc(N(CCCC(=O)Nc2cc(Cl)ccc2Oc2ccccc2)S(C)(=O)=O)c1C. The summed E-state index contributed by atoms with van der Waals surface area (Å²) in [5.74, 6) is 0.837. The van der Waals surface area contributed by atoms with E-state index >= 15 is 0 Å². The molecule has 3 aromatic carbocycles. The number of aryl methyl sites for hydroxylation is 1. The Bertz CT molecular complexity index is 1230. The van der Waals surface area contributed by atoms with Crippen LogP contribution >= 0.6 is 11.6 Å². The molecule has 0 bridgehead atoms. The molecule has 1 amide bonds. The van der Waals surface area contributed by atoms with Gasteiger partial charge in [-0.15, -0.1) is 0 Å². The molecular formula is C25H27ClN2O4S. The number of ether oxygens (including phenoxy) is 1. The zero-order valence-corrected chi connectivity index (χ0v) is 20.4. The third-order valence-electron chi connectivity index (χ3n) is 5.20. The van der Waals surface area contributed by atoms with Crippen LogP contribution in [0.3, 0.4) is 0 Å². The smallest absolute Gasteiger partial charge is 0.232 e. The Morgan fingerprint density at radius 3 is 2.45 bits per heavy atom. The predicted molar refractivity (Wildman–Crippen MR) is 134 cm³/mol. The van der Waals surface area contributed by atoms with Gasteiger partial charge in [0, 0.05) is 18.0 Å². The lowest BCUT2D eigenvalue weighted by Crippen LogP contribution is -2.32. The normalized spacial score (nSPS) is 11.2. The first-order chi connectivity index (χ1) is 15.6. The molecule has 0 saturated heterocycles. The van der Waals surface area contributed by atoms with E-state index in [0.29, 0.717) is 34.3 Å². The molecule has 0 spiro atoms. The number of amides is 1. The molecule has 0 unspecified atom stereocenters. The quantitative estimate of drug-likeness (QED) is 0.406. The minimum atomic E-state index is -3.50. The highest BCUT2D eigenvalue weighted by molar-refractivity contribution is 7.92. The van der Waals surface area contributed by atoms with Crippen molar-refractivity contribution in [3.63, 3.8) is 0 Å². The first kappa shape index (κ1) is 24.6. The molecule has 0 aliphatic carbocycles. The maximum Gasteiger partial charge on any atom is 0.232 e. The second kappa shape index (κ2) is 10.7. The van der Waals surface area contributed by atoms with Crippen LogP contribution in [0.1, 0.15) is 24.0 Å². The van der Waals surface area contributed by atoms with Gasteiger partial charge in [-0.2, -0.15) is 0 Å². The molecule has 6 nitrogen and oxygen atoms in total. The summed E-state index contributed by atoms with van der Waals surface area (Å²) < 4.78 is 32.1. The highest BCUT2D eigenvalue weighted by atomic mass is 35.5. The van der Waals surface area contributed by atoms with Crippen molar-refractivity contribution in [3.05, 3.63) is 82.9 Å². The van der Waals surface area contributed by atoms with E-state index < -0.39 is 10.0 Å². The van der Waals surface area contributed by atoms with Crippen LogP contribution in [-0.4, -0.2) is 27.1 Å². The van der Waals surface area contributed by atoms with E-state index in [2.05, 4.69) is 5.32 Å². The van der Waals surface area contributed by atoms with E-state index in [1.807, 2.05) is 56.3 Å². The number of sulfonamides is 1. The van der Waals surface area contributed by atoms with Gasteiger partial charge in [-0.3, -0.25) is 9.10 Å². The van der Waals surface area contributed by atoms with Gasteiger partial charge in [-0.05, 0) is 67.8 Å². The average molecular weight is 487 g/mol. The van der Waals surface area contributed by atoms with Gasteiger partial charge in [0.1, 0.15) is 5.75 Å². The Kier molecular flexibility index (Phi) is 8.00. The van der Waals surface area contributed by atoms with E-state index in [0.717, 1.165) is 11.1 Å². The predicted octanol–water partition coefficient (Wildman–Crippen LogP) is 5.93. The van der Waals surface area contributed by atoms with Crippen molar-refractivity contribution in [1.82, 2.24) is 0 Å². The minimum Gasteiger partial charge on any atom is -0.455 e. The Morgan fingerprint density at radius 2 is 1.76 bits per heavy atom. The highest BCUT2D eigenvalue weighted by Crippen LogP contribution is 2.32. The van der Waals surface area contributed by atoms with E-state index in [9.17, 15) is 13.2 Å². The maximum atomic E-state index is 12.6. The molecule has 8 heteroatoms. The molecule has 174 valence electrons. The number of anilines is 2. The molecule has 0 heterocycles. The lowest BCUT2D eigenvalue weighted by Gasteiger charge is -2.25. The fourth-order valence-corrected chi connectivity index (χ4v) is 4.56. The summed E-state index contributed by atoms with van der Waals surface area (Å²) in [5, 5.41) is 3.29. The Morgan fingerprint density at radius 1 is 1.03 bits per heavy atom. The summed E-state index contributed by atoms with van der Waals surface area (Å²) >= 11 is 6.11. The lowest BCUT2D eigenvalue weighted by molar-refractivity contribution is -0.116. The van der Waals surface area contributed by atoms with Crippen LogP contribution in [0.4, 0.5) is 11.4 Å². The van der Waals surface area contributed by atoms with Crippen LogP contribution in [-0.2, 0) is 14.8 Å². The van der Waals surface area contributed by atoms with Crippen LogP contribution in [0.25, 0.3) is 0 Å². The molecule has 3 aromatic rings. The first-order valence-corrected chi connectivity index (χ1v) is 12.7. The summed E-state index contributed by atoms with van der Waals surface area (Å²) in [4.78, 5) is 12.6. The summed E-state index contributed by atoms with van der Waals surface area (Å²) in [6, 6.07) is 19.8. The van der Waals surface area contributed by atoms with Gasteiger partial charge in [-0.1, -0.05) is 41.9 Å². The molecule has 0 aromatic heterocycles. The number of para-hydroxylation sites is 1. The molecule has 0 atom stereocenters. The van der Waals surface area contributed by atoms with Crippen molar-refractivity contribution in [2.45, 2.75) is 26.7 Å². The number of carbonyl (C=O) groups is 1. The summed E-state index contributed by atoms with van der Waals surface area (Å²) in [6.45, 7) is 4.02. The number of nitrogens with one attached hydrogen (secondary N) is 1. The number of nitrogens with zero attached hydrogens (tertiary/aromatic N) is 1. The van der Waals surface area contributed by atoms with Crippen molar-refractivity contribution in [1.29, 1.82) is 0 Å². The number of benzene rings is 3. The first-order valence-electron chi connectivity index (χ1n) is 10.5. The van der Waals surface area contributed by atoms with Crippen molar-refractivity contribution in [3.8, 4) is 11.5 Å². The van der Waals surface area contributed by atoms with Crippen LogP contribution in [0.5, 0.6) is 11.5 Å². The molecule has 0 aliphatic heterocycles. The monoisotopic (exact) mass is 486 g/mol. The van der Waals surface area contributed by atoms with Crippen molar-refractivity contribution in [2.75, 3.05) is 22.4 Å². The summed E-state index contributed by atoms with van der Waals surface area (Å²) in [5.41, 5.74) is 2.98. The van der Waals surface area contributed by atoms with Gasteiger partial charge in [0.25, 0.3) is 0 Å². The van der Waals surface area contributed by atoms with Crippen molar-refractivity contribution in [2.24, 2.45) is 0 Å². The zero-order chi connectivity index (χ0) is 24.0. The molecular weight excluding hydrogens is 460 g/mol. The molecule has 0 radical (unpaired) electrons. The second-order valence-electron chi connectivity index (χ2n) is 7.76. The number of halogens is 1. The largest absolute Gasteiger partial charge is 0.455 e. The van der Waals surface area contributed by atoms with E-state index in [1.165, 1.54) is 10.6 Å². The zero-order valence-electron chi connectivity index (χ0n) is 18.8. The van der Waals surface area contributed by atoms with Crippen LogP contribution in [0.15, 0.2) is 66.7 Å². The second-order valence-corrected chi connectivity index (χ2v) is 10.1. The molecule has 3 rings (SSSR count). The van der Waals surface area contributed by atoms with E-state index in [-0.39, 0.29) is 18.9 Å². The number of hydrogen-bond donors (Lipinski definition) is 1. The summed E-state index contributed by atoms with van der Waals surface area (Å²) in [7, 11) is -3.50. The standard InChI is InChI=1S/C25H27ClN2O4S/c1-18-9-7-12-23(19(18)2)28(33(3,30)31)16-8-13-25(29)27-22-17-20(26)14-15-24(22)32-21-10-5-4-6-11-21/h4-7,9-12,14-15,17H,8,13,16H2,1-3H3,(H,27,29). The highest BCUT2D eigenvalue weighted by Gasteiger charge is 2.20. The van der Waals surface area contributed by atoms with Crippen LogP contribution < -0.4 is 14.4 Å². The van der Waals surface area contributed by atoms with Gasteiger partial charge in [0.05, 0.1) is 17.6 Å². The molecule has 33 heavy (non-hydrogen) atoms. The molecule has 1 N–H and O–H groups in total. The minimum absolute atomic E-state index is 0.133. The topological polar surface area (TPSA) is 75.7 Å². The van der Waals surface area contributed by atoms with E-state index in [1.54, 1.807) is 24.3 Å². The van der Waals surface area contributed by atoms with Crippen molar-refractivity contribution < 1.29 is 17.9 Å². The summed E-state index contributed by atoms with van der Waals surface area (Å²) in [6.07, 6.45) is 1.66. The third kappa shape index (κ3) is 6.73. The lowest BCUT2D eigenvalue weighted by atomic mass is 10.1. The molecule has 0 aliphatic rings. The Balaban J connectivity index is 1.67. The molecule has 0 saturated carbocycles. The Labute approximate surface area is 200 Å². The number of rotatable bonds is 9. The van der Waals surface area contributed by atoms with Crippen LogP contribution in [0.2, 0.25) is 5.02 Å². The van der Waals surface area contributed by atoms with Crippen molar-refractivity contribution >= 4 is 38.9 Å². The third-order valence-corrected chi connectivity index (χ3v) is 6.61. The van der Waals surface area contributed by atoms with Gasteiger partial charge >= 0.3 is 0 Å². The maximum absolute atomic E-state index is 12.6. The van der Waals surface area contributed by atoms with Gasteiger partial charge < -0.3 is 10.1 Å². The van der Waals surface area contributed by atoms with Gasteiger partial charge in [-0.25, -0.2) is 8.42 Å².